The van der Waals surface area contributed by atoms with E-state index in [0.717, 1.165) is 5.56 Å². The summed E-state index contributed by atoms with van der Waals surface area (Å²) >= 11 is 0. The molecule has 1 unspecified atom stereocenters. The molecule has 1 aromatic rings. The molecule has 2 heterocycles. The van der Waals surface area contributed by atoms with E-state index in [2.05, 4.69) is 16.8 Å². The van der Waals surface area contributed by atoms with Gasteiger partial charge in [-0.2, -0.15) is 0 Å². The van der Waals surface area contributed by atoms with Gasteiger partial charge in [-0.25, -0.2) is 0 Å². The van der Waals surface area contributed by atoms with Crippen LogP contribution in [0.2, 0.25) is 0 Å². The zero-order chi connectivity index (χ0) is 14.0. The van der Waals surface area contributed by atoms with Gasteiger partial charge in [-0.3, -0.25) is 4.79 Å². The first-order valence-electron chi connectivity index (χ1n) is 6.10. The predicted molar refractivity (Wildman–Crippen MR) is 69.7 cm³/mol. The molecule has 1 aromatic heterocycles. The van der Waals surface area contributed by atoms with Crippen molar-refractivity contribution < 1.29 is 14.6 Å². The van der Waals surface area contributed by atoms with Crippen molar-refractivity contribution in [3.05, 3.63) is 33.7 Å². The SMILES string of the molecule is CC#Cc1[nH]c(=O)ccc1[C@@H]1O[C@H](C)C(O)[C@@H]1OC. The third-order valence-electron chi connectivity index (χ3n) is 3.26. The second-order valence-electron chi connectivity index (χ2n) is 4.48. The summed E-state index contributed by atoms with van der Waals surface area (Å²) in [6.45, 7) is 3.48. The Balaban J connectivity index is 2.46. The second-order valence-corrected chi connectivity index (χ2v) is 4.48. The van der Waals surface area contributed by atoms with Crippen LogP contribution >= 0.6 is 0 Å². The van der Waals surface area contributed by atoms with Gasteiger partial charge in [0.1, 0.15) is 18.3 Å². The van der Waals surface area contributed by atoms with Crippen molar-refractivity contribution in [2.24, 2.45) is 0 Å². The number of nitrogens with one attached hydrogen (secondary N) is 1. The molecule has 1 saturated heterocycles. The fourth-order valence-electron chi connectivity index (χ4n) is 2.30. The van der Waals surface area contributed by atoms with E-state index >= 15 is 0 Å². The molecule has 1 aliphatic rings. The lowest BCUT2D eigenvalue weighted by Gasteiger charge is -2.19. The van der Waals surface area contributed by atoms with E-state index in [1.54, 1.807) is 19.9 Å². The summed E-state index contributed by atoms with van der Waals surface area (Å²) in [6.07, 6.45) is -1.95. The Morgan fingerprint density at radius 3 is 2.84 bits per heavy atom. The number of hydrogen-bond acceptors (Lipinski definition) is 4. The summed E-state index contributed by atoms with van der Waals surface area (Å²) < 4.78 is 11.0. The minimum Gasteiger partial charge on any atom is -0.388 e. The second kappa shape index (κ2) is 5.57. The molecule has 0 saturated carbocycles. The van der Waals surface area contributed by atoms with Crippen LogP contribution in [0, 0.1) is 11.8 Å². The summed E-state index contributed by atoms with van der Waals surface area (Å²) in [4.78, 5) is 14.0. The Labute approximate surface area is 111 Å². The van der Waals surface area contributed by atoms with Crippen LogP contribution in [0.3, 0.4) is 0 Å². The molecule has 5 heteroatoms. The van der Waals surface area contributed by atoms with Crippen molar-refractivity contribution in [1.82, 2.24) is 4.98 Å². The Morgan fingerprint density at radius 1 is 1.47 bits per heavy atom. The molecule has 2 N–H and O–H groups in total. The maximum Gasteiger partial charge on any atom is 0.248 e. The van der Waals surface area contributed by atoms with E-state index in [0.29, 0.717) is 5.69 Å². The van der Waals surface area contributed by atoms with Crippen LogP contribution in [-0.4, -0.2) is 35.5 Å². The number of aliphatic hydroxyl groups excluding tert-OH is 1. The van der Waals surface area contributed by atoms with Crippen molar-refractivity contribution >= 4 is 0 Å². The minimum absolute atomic E-state index is 0.220. The summed E-state index contributed by atoms with van der Waals surface area (Å²) in [7, 11) is 1.53. The van der Waals surface area contributed by atoms with Crippen molar-refractivity contribution in [2.75, 3.05) is 7.11 Å². The van der Waals surface area contributed by atoms with Gasteiger partial charge < -0.3 is 19.6 Å². The smallest absolute Gasteiger partial charge is 0.248 e. The van der Waals surface area contributed by atoms with Gasteiger partial charge in [-0.05, 0) is 25.8 Å². The number of aromatic amines is 1. The molecule has 0 radical (unpaired) electrons. The van der Waals surface area contributed by atoms with Crippen LogP contribution in [0.5, 0.6) is 0 Å². The molecule has 5 nitrogen and oxygen atoms in total. The normalized spacial score (nSPS) is 29.9. The van der Waals surface area contributed by atoms with Gasteiger partial charge in [0, 0.05) is 18.7 Å². The molecule has 1 fully saturated rings. The van der Waals surface area contributed by atoms with Gasteiger partial charge in [-0.15, -0.1) is 0 Å². The molecule has 0 aromatic carbocycles. The van der Waals surface area contributed by atoms with E-state index in [1.807, 2.05) is 0 Å². The maximum atomic E-state index is 11.4. The lowest BCUT2D eigenvalue weighted by Crippen LogP contribution is -2.31. The van der Waals surface area contributed by atoms with Crippen molar-refractivity contribution in [2.45, 2.75) is 38.3 Å². The average molecular weight is 263 g/mol. The lowest BCUT2D eigenvalue weighted by atomic mass is 10.0. The fourth-order valence-corrected chi connectivity index (χ4v) is 2.30. The van der Waals surface area contributed by atoms with Gasteiger partial charge in [0.25, 0.3) is 0 Å². The maximum absolute atomic E-state index is 11.4. The summed E-state index contributed by atoms with van der Waals surface area (Å²) in [5, 5.41) is 10.0. The van der Waals surface area contributed by atoms with Crippen LogP contribution in [0.4, 0.5) is 0 Å². The van der Waals surface area contributed by atoms with Crippen molar-refractivity contribution in [1.29, 1.82) is 0 Å². The zero-order valence-corrected chi connectivity index (χ0v) is 11.1. The van der Waals surface area contributed by atoms with Gasteiger partial charge in [-0.1, -0.05) is 5.92 Å². The quantitative estimate of drug-likeness (QED) is 0.766. The van der Waals surface area contributed by atoms with Gasteiger partial charge in [0.2, 0.25) is 5.56 Å². The highest BCUT2D eigenvalue weighted by Crippen LogP contribution is 2.35. The van der Waals surface area contributed by atoms with E-state index in [1.165, 1.54) is 13.2 Å². The highest BCUT2D eigenvalue weighted by Gasteiger charge is 2.43. The molecule has 0 aliphatic carbocycles. The predicted octanol–water partition coefficient (Wildman–Crippen LogP) is 0.582. The van der Waals surface area contributed by atoms with Crippen LogP contribution < -0.4 is 5.56 Å². The first-order chi connectivity index (χ1) is 9.08. The molecule has 2 rings (SSSR count). The van der Waals surface area contributed by atoms with Crippen LogP contribution in [0.1, 0.15) is 31.2 Å². The largest absolute Gasteiger partial charge is 0.388 e. The number of methoxy groups -OCH3 is 1. The molecule has 0 amide bonds. The molecule has 0 spiro atoms. The summed E-state index contributed by atoms with van der Waals surface area (Å²) in [5.74, 6) is 5.60. The Hall–Kier alpha value is -1.61. The van der Waals surface area contributed by atoms with E-state index < -0.39 is 18.3 Å². The summed E-state index contributed by atoms with van der Waals surface area (Å²) in [5.41, 5.74) is 1.01. The molecule has 4 atom stereocenters. The van der Waals surface area contributed by atoms with Crippen molar-refractivity contribution in [3.8, 4) is 11.8 Å². The molecular formula is C14H17NO4. The van der Waals surface area contributed by atoms with E-state index in [4.69, 9.17) is 9.47 Å². The highest BCUT2D eigenvalue weighted by atomic mass is 16.6. The average Bonchev–Trinajstić information content (AvgIpc) is 2.66. The number of aliphatic hydroxyl groups is 1. The third kappa shape index (κ3) is 2.56. The van der Waals surface area contributed by atoms with E-state index in [-0.39, 0.29) is 11.7 Å². The number of pyridine rings is 1. The molecule has 1 aliphatic heterocycles. The molecule has 102 valence electrons. The topological polar surface area (TPSA) is 71.6 Å². The van der Waals surface area contributed by atoms with Gasteiger partial charge >= 0.3 is 0 Å². The minimum atomic E-state index is -0.704. The number of H-pyrrole nitrogens is 1. The molecule has 0 bridgehead atoms. The number of hydrogen-bond donors (Lipinski definition) is 2. The van der Waals surface area contributed by atoms with Crippen LogP contribution in [-0.2, 0) is 9.47 Å². The van der Waals surface area contributed by atoms with Gasteiger partial charge in [0.05, 0.1) is 11.8 Å². The Kier molecular flexibility index (Phi) is 4.05. The molecule has 19 heavy (non-hydrogen) atoms. The van der Waals surface area contributed by atoms with Crippen LogP contribution in [0.25, 0.3) is 0 Å². The van der Waals surface area contributed by atoms with Gasteiger partial charge in [0.15, 0.2) is 0 Å². The first-order valence-corrected chi connectivity index (χ1v) is 6.10. The van der Waals surface area contributed by atoms with E-state index in [9.17, 15) is 9.90 Å². The first kappa shape index (κ1) is 13.8. The standard InChI is InChI=1S/C14H17NO4/c1-4-5-10-9(6-7-11(16)15-10)13-14(18-3)12(17)8(2)19-13/h6-8,12-14,17H,1-3H3,(H,15,16)/t8-,12?,13+,14+/m1/s1. The zero-order valence-electron chi connectivity index (χ0n) is 11.1. The molecular weight excluding hydrogens is 246 g/mol. The third-order valence-corrected chi connectivity index (χ3v) is 3.26. The Morgan fingerprint density at radius 2 is 2.21 bits per heavy atom. The number of ether oxygens (including phenoxy) is 2. The monoisotopic (exact) mass is 263 g/mol. The summed E-state index contributed by atoms with van der Waals surface area (Å²) in [6, 6.07) is 3.08. The lowest BCUT2D eigenvalue weighted by molar-refractivity contribution is -0.0119. The van der Waals surface area contributed by atoms with Crippen LogP contribution in [0.15, 0.2) is 16.9 Å². The Bertz CT molecular complexity index is 569. The fraction of sp³-hybridized carbons (Fsp3) is 0.500. The highest BCUT2D eigenvalue weighted by molar-refractivity contribution is 5.37. The number of rotatable bonds is 2. The van der Waals surface area contributed by atoms with Crippen molar-refractivity contribution in [3.63, 3.8) is 0 Å². The number of aromatic nitrogens is 1.